The Morgan fingerprint density at radius 1 is 1.21 bits per heavy atom. The van der Waals surface area contributed by atoms with Gasteiger partial charge in [0.25, 0.3) is 5.91 Å². The molecule has 0 aliphatic heterocycles. The molecule has 0 spiro atoms. The third-order valence-electron chi connectivity index (χ3n) is 4.95. The number of primary amides is 1. The smallest absolute Gasteiger partial charge is 0.252 e. The Hall–Kier alpha value is -2.64. The molecule has 146 valence electrons. The Kier molecular flexibility index (Phi) is 6.16. The molecule has 1 aliphatic carbocycles. The van der Waals surface area contributed by atoms with E-state index in [1.807, 2.05) is 23.1 Å². The minimum Gasteiger partial charge on any atom is -0.507 e. The molecule has 0 saturated heterocycles. The zero-order valence-corrected chi connectivity index (χ0v) is 17.0. The SMILES string of the molecule is Br.NC(=O)c1ccc(Cn2cc(CN[C@@H]3C[C@H]3c3ccccc3)cn2)cc1O. The van der Waals surface area contributed by atoms with Crippen LogP contribution in [0.3, 0.4) is 0 Å². The Balaban J connectivity index is 0.00000225. The minimum atomic E-state index is -0.639. The molecule has 28 heavy (non-hydrogen) atoms. The van der Waals surface area contributed by atoms with Crippen molar-refractivity contribution in [2.75, 3.05) is 0 Å². The van der Waals surface area contributed by atoms with E-state index in [9.17, 15) is 9.90 Å². The average Bonchev–Trinajstić information content (AvgIpc) is 3.31. The molecule has 0 bridgehead atoms. The molecule has 4 N–H and O–H groups in total. The summed E-state index contributed by atoms with van der Waals surface area (Å²) in [7, 11) is 0. The lowest BCUT2D eigenvalue weighted by atomic mass is 10.1. The van der Waals surface area contributed by atoms with Gasteiger partial charge in [-0.2, -0.15) is 5.10 Å². The quantitative estimate of drug-likeness (QED) is 0.524. The van der Waals surface area contributed by atoms with E-state index in [1.54, 1.807) is 12.1 Å². The molecular weight excluding hydrogens is 420 g/mol. The molecule has 3 aromatic rings. The van der Waals surface area contributed by atoms with Gasteiger partial charge in [0, 0.05) is 30.3 Å². The van der Waals surface area contributed by atoms with Crippen LogP contribution in [0.1, 0.15) is 39.4 Å². The van der Waals surface area contributed by atoms with E-state index in [2.05, 4.69) is 34.7 Å². The summed E-state index contributed by atoms with van der Waals surface area (Å²) in [5.41, 5.74) is 8.70. The van der Waals surface area contributed by atoms with E-state index in [1.165, 1.54) is 18.1 Å². The highest BCUT2D eigenvalue weighted by atomic mass is 79.9. The van der Waals surface area contributed by atoms with E-state index < -0.39 is 5.91 Å². The molecule has 1 saturated carbocycles. The second kappa shape index (κ2) is 8.58. The number of benzene rings is 2. The number of amides is 1. The molecule has 1 aromatic heterocycles. The zero-order chi connectivity index (χ0) is 18.8. The Morgan fingerprint density at radius 3 is 2.71 bits per heavy atom. The summed E-state index contributed by atoms with van der Waals surface area (Å²) in [6, 6.07) is 16.0. The highest BCUT2D eigenvalue weighted by Crippen LogP contribution is 2.40. The van der Waals surface area contributed by atoms with Crippen LogP contribution in [0.15, 0.2) is 60.9 Å². The topological polar surface area (TPSA) is 93.2 Å². The fraction of sp³-hybridized carbons (Fsp3) is 0.238. The van der Waals surface area contributed by atoms with Crippen LogP contribution >= 0.6 is 17.0 Å². The fourth-order valence-electron chi connectivity index (χ4n) is 3.39. The van der Waals surface area contributed by atoms with Gasteiger partial charge in [-0.25, -0.2) is 0 Å². The van der Waals surface area contributed by atoms with Crippen molar-refractivity contribution in [3.05, 3.63) is 83.2 Å². The van der Waals surface area contributed by atoms with E-state index in [0.29, 0.717) is 18.5 Å². The summed E-state index contributed by atoms with van der Waals surface area (Å²) >= 11 is 0. The van der Waals surface area contributed by atoms with Gasteiger partial charge in [-0.05, 0) is 29.7 Å². The predicted octanol–water partition coefficient (Wildman–Crippen LogP) is 2.96. The molecule has 0 unspecified atom stereocenters. The number of hydrogen-bond acceptors (Lipinski definition) is 4. The van der Waals surface area contributed by atoms with Crippen LogP contribution in [-0.2, 0) is 13.1 Å². The number of carbonyl (C=O) groups excluding carboxylic acids is 1. The summed E-state index contributed by atoms with van der Waals surface area (Å²) < 4.78 is 1.82. The van der Waals surface area contributed by atoms with Gasteiger partial charge in [0.05, 0.1) is 18.3 Å². The van der Waals surface area contributed by atoms with Crippen molar-refractivity contribution in [1.29, 1.82) is 0 Å². The first-order valence-corrected chi connectivity index (χ1v) is 9.01. The van der Waals surface area contributed by atoms with Crippen LogP contribution in [0.25, 0.3) is 0 Å². The van der Waals surface area contributed by atoms with Gasteiger partial charge >= 0.3 is 0 Å². The monoisotopic (exact) mass is 442 g/mol. The highest BCUT2D eigenvalue weighted by Gasteiger charge is 2.37. The maximum atomic E-state index is 11.2. The third-order valence-corrected chi connectivity index (χ3v) is 4.95. The molecule has 2 aromatic carbocycles. The highest BCUT2D eigenvalue weighted by molar-refractivity contribution is 8.93. The standard InChI is InChI=1S/C21H22N4O2.BrH/c22-21(27)17-7-6-14(8-20(17)26)12-25-13-15(11-24-25)10-23-19-9-18(19)16-4-2-1-3-5-16;/h1-8,11,13,18-19,23,26H,9-10,12H2,(H2,22,27);1H/t18-,19+;/m0./s1. The van der Waals surface area contributed by atoms with Crippen molar-refractivity contribution in [2.24, 2.45) is 5.73 Å². The Bertz CT molecular complexity index is 958. The third kappa shape index (κ3) is 4.61. The van der Waals surface area contributed by atoms with Gasteiger partial charge in [-0.15, -0.1) is 17.0 Å². The molecule has 7 heteroatoms. The summed E-state index contributed by atoms with van der Waals surface area (Å²) in [6.45, 7) is 1.29. The number of carbonyl (C=O) groups is 1. The Morgan fingerprint density at radius 2 is 2.00 bits per heavy atom. The summed E-state index contributed by atoms with van der Waals surface area (Å²) in [5, 5.41) is 17.8. The second-order valence-corrected chi connectivity index (χ2v) is 7.00. The average molecular weight is 443 g/mol. The normalized spacial score (nSPS) is 17.7. The zero-order valence-electron chi connectivity index (χ0n) is 15.3. The van der Waals surface area contributed by atoms with Gasteiger partial charge in [0.2, 0.25) is 0 Å². The first-order chi connectivity index (χ1) is 13.1. The minimum absolute atomic E-state index is 0. The number of nitrogens with two attached hydrogens (primary N) is 1. The molecular formula is C21H23BrN4O2. The van der Waals surface area contributed by atoms with Crippen molar-refractivity contribution < 1.29 is 9.90 Å². The van der Waals surface area contributed by atoms with Crippen molar-refractivity contribution in [3.8, 4) is 5.75 Å². The number of aromatic hydroxyl groups is 1. The summed E-state index contributed by atoms with van der Waals surface area (Å²) in [4.78, 5) is 11.2. The summed E-state index contributed by atoms with van der Waals surface area (Å²) in [6.07, 6.45) is 5.01. The number of nitrogens with zero attached hydrogens (tertiary/aromatic N) is 2. The maximum Gasteiger partial charge on any atom is 0.252 e. The van der Waals surface area contributed by atoms with E-state index in [0.717, 1.165) is 17.7 Å². The fourth-order valence-corrected chi connectivity index (χ4v) is 3.39. The number of hydrogen-bond donors (Lipinski definition) is 3. The van der Waals surface area contributed by atoms with Gasteiger partial charge < -0.3 is 16.2 Å². The lowest BCUT2D eigenvalue weighted by Gasteiger charge is -2.05. The lowest BCUT2D eigenvalue weighted by molar-refractivity contribution is 0.0998. The van der Waals surface area contributed by atoms with Crippen molar-refractivity contribution >= 4 is 22.9 Å². The molecule has 1 fully saturated rings. The first-order valence-electron chi connectivity index (χ1n) is 9.01. The van der Waals surface area contributed by atoms with Crippen molar-refractivity contribution in [1.82, 2.24) is 15.1 Å². The van der Waals surface area contributed by atoms with Crippen LogP contribution in [-0.4, -0.2) is 26.8 Å². The lowest BCUT2D eigenvalue weighted by Crippen LogP contribution is -2.16. The number of halogens is 1. The number of aromatic nitrogens is 2. The molecule has 2 atom stereocenters. The number of rotatable bonds is 7. The predicted molar refractivity (Wildman–Crippen MR) is 113 cm³/mol. The first kappa shape index (κ1) is 20.1. The molecule has 1 amide bonds. The van der Waals surface area contributed by atoms with Gasteiger partial charge in [-0.1, -0.05) is 36.4 Å². The van der Waals surface area contributed by atoms with Gasteiger partial charge in [0.1, 0.15) is 5.75 Å². The molecule has 6 nitrogen and oxygen atoms in total. The number of phenols is 1. The summed E-state index contributed by atoms with van der Waals surface area (Å²) in [5.74, 6) is -0.136. The van der Waals surface area contributed by atoms with Crippen LogP contribution in [0, 0.1) is 0 Å². The molecule has 4 rings (SSSR count). The molecule has 1 aliphatic rings. The van der Waals surface area contributed by atoms with E-state index in [4.69, 9.17) is 5.73 Å². The second-order valence-electron chi connectivity index (χ2n) is 7.00. The van der Waals surface area contributed by atoms with Crippen molar-refractivity contribution in [2.45, 2.75) is 31.5 Å². The van der Waals surface area contributed by atoms with Crippen LogP contribution in [0.4, 0.5) is 0 Å². The van der Waals surface area contributed by atoms with Crippen LogP contribution in [0.5, 0.6) is 5.75 Å². The Labute approximate surface area is 174 Å². The van der Waals surface area contributed by atoms with E-state index >= 15 is 0 Å². The largest absolute Gasteiger partial charge is 0.507 e. The van der Waals surface area contributed by atoms with Crippen molar-refractivity contribution in [3.63, 3.8) is 0 Å². The molecule has 1 heterocycles. The van der Waals surface area contributed by atoms with Gasteiger partial charge in [-0.3, -0.25) is 9.48 Å². The van der Waals surface area contributed by atoms with Crippen LogP contribution < -0.4 is 11.1 Å². The maximum absolute atomic E-state index is 11.2. The number of nitrogens with one attached hydrogen (secondary N) is 1. The van der Waals surface area contributed by atoms with Crippen LogP contribution in [0.2, 0.25) is 0 Å². The van der Waals surface area contributed by atoms with E-state index in [-0.39, 0.29) is 28.3 Å². The molecule has 0 radical (unpaired) electrons. The van der Waals surface area contributed by atoms with Gasteiger partial charge in [0.15, 0.2) is 0 Å².